The van der Waals surface area contributed by atoms with Crippen molar-refractivity contribution in [2.75, 3.05) is 18.0 Å². The molecule has 0 amide bonds. The van der Waals surface area contributed by atoms with E-state index in [1.54, 1.807) is 17.0 Å². The Morgan fingerprint density at radius 2 is 1.90 bits per heavy atom. The molecule has 8 heteroatoms. The van der Waals surface area contributed by atoms with Crippen LogP contribution < -0.4 is 10.5 Å². The number of anilines is 1. The van der Waals surface area contributed by atoms with Gasteiger partial charge in [-0.25, -0.2) is 4.40 Å². The van der Waals surface area contributed by atoms with Crippen molar-refractivity contribution in [1.29, 1.82) is 0 Å². The number of aromatic nitrogens is 5. The number of allylic oxidation sites excluding steroid dienone is 1. The zero-order chi connectivity index (χ0) is 21.2. The van der Waals surface area contributed by atoms with E-state index < -0.39 is 0 Å². The molecule has 4 heterocycles. The fourth-order valence-electron chi connectivity index (χ4n) is 4.18. The molecule has 7 nitrogen and oxygen atoms in total. The summed E-state index contributed by atoms with van der Waals surface area (Å²) in [4.78, 5) is 19.8. The zero-order valence-corrected chi connectivity index (χ0v) is 18.7. The van der Waals surface area contributed by atoms with Crippen molar-refractivity contribution in [3.63, 3.8) is 0 Å². The van der Waals surface area contributed by atoms with E-state index in [9.17, 15) is 4.79 Å². The molecule has 0 N–H and O–H groups in total. The van der Waals surface area contributed by atoms with Gasteiger partial charge in [-0.1, -0.05) is 47.0 Å². The van der Waals surface area contributed by atoms with Crippen molar-refractivity contribution >= 4 is 44.6 Å². The van der Waals surface area contributed by atoms with Crippen molar-refractivity contribution in [2.45, 2.75) is 32.2 Å². The van der Waals surface area contributed by atoms with E-state index in [1.807, 2.05) is 46.9 Å². The van der Waals surface area contributed by atoms with Crippen LogP contribution in [0.4, 0.5) is 5.95 Å². The number of fused-ring (bicyclic) bond motifs is 3. The van der Waals surface area contributed by atoms with E-state index in [0.29, 0.717) is 17.7 Å². The van der Waals surface area contributed by atoms with Crippen LogP contribution >= 0.6 is 15.9 Å². The summed E-state index contributed by atoms with van der Waals surface area (Å²) in [5.41, 5.74) is 1.75. The van der Waals surface area contributed by atoms with Gasteiger partial charge in [0.1, 0.15) is 0 Å². The summed E-state index contributed by atoms with van der Waals surface area (Å²) < 4.78 is 4.60. The summed E-state index contributed by atoms with van der Waals surface area (Å²) in [6.07, 6.45) is 12.2. The van der Waals surface area contributed by atoms with Crippen LogP contribution in [0.1, 0.15) is 31.2 Å². The monoisotopic (exact) mass is 478 g/mol. The van der Waals surface area contributed by atoms with Crippen LogP contribution in [0.2, 0.25) is 0 Å². The molecule has 0 bridgehead atoms. The average Bonchev–Trinajstić information content (AvgIpc) is 3.04. The van der Waals surface area contributed by atoms with Crippen LogP contribution in [0.15, 0.2) is 58.1 Å². The highest BCUT2D eigenvalue weighted by molar-refractivity contribution is 9.10. The SMILES string of the molecule is O=c1c2cc(Br)ccc2n2c(N3CCCCCC3)nnc2n1C/C=C/c1cccnc1. The number of rotatable bonds is 4. The Labute approximate surface area is 188 Å². The first-order valence-corrected chi connectivity index (χ1v) is 11.4. The lowest BCUT2D eigenvalue weighted by atomic mass is 10.2. The lowest BCUT2D eigenvalue weighted by Crippen LogP contribution is -2.28. The predicted octanol–water partition coefficient (Wildman–Crippen LogP) is 4.30. The third-order valence-electron chi connectivity index (χ3n) is 5.72. The summed E-state index contributed by atoms with van der Waals surface area (Å²) >= 11 is 3.51. The maximum absolute atomic E-state index is 13.4. The van der Waals surface area contributed by atoms with Crippen LogP contribution in [0.25, 0.3) is 22.8 Å². The summed E-state index contributed by atoms with van der Waals surface area (Å²) in [7, 11) is 0. The lowest BCUT2D eigenvalue weighted by Gasteiger charge is -2.20. The molecule has 0 atom stereocenters. The number of pyridine rings is 1. The van der Waals surface area contributed by atoms with Gasteiger partial charge >= 0.3 is 0 Å². The van der Waals surface area contributed by atoms with Gasteiger partial charge in [0.2, 0.25) is 11.7 Å². The largest absolute Gasteiger partial charge is 0.341 e. The van der Waals surface area contributed by atoms with E-state index in [1.165, 1.54) is 12.8 Å². The second-order valence-corrected chi connectivity index (χ2v) is 8.72. The minimum Gasteiger partial charge on any atom is -0.341 e. The van der Waals surface area contributed by atoms with Gasteiger partial charge in [0.25, 0.3) is 5.56 Å². The van der Waals surface area contributed by atoms with Gasteiger partial charge in [-0.3, -0.25) is 14.3 Å². The van der Waals surface area contributed by atoms with Crippen LogP contribution in [-0.2, 0) is 6.54 Å². The number of benzene rings is 1. The summed E-state index contributed by atoms with van der Waals surface area (Å²) in [6, 6.07) is 9.68. The van der Waals surface area contributed by atoms with Crippen molar-refractivity contribution in [2.24, 2.45) is 0 Å². The van der Waals surface area contributed by atoms with Gasteiger partial charge in [0, 0.05) is 36.5 Å². The molecule has 1 fully saturated rings. The summed E-state index contributed by atoms with van der Waals surface area (Å²) in [5, 5.41) is 9.64. The highest BCUT2D eigenvalue weighted by Crippen LogP contribution is 2.24. The Kier molecular flexibility index (Phi) is 5.55. The predicted molar refractivity (Wildman–Crippen MR) is 126 cm³/mol. The molecule has 31 heavy (non-hydrogen) atoms. The minimum absolute atomic E-state index is 0.0746. The van der Waals surface area contributed by atoms with Crippen molar-refractivity contribution < 1.29 is 0 Å². The molecule has 3 aromatic heterocycles. The first-order valence-electron chi connectivity index (χ1n) is 10.6. The molecule has 1 aliphatic rings. The van der Waals surface area contributed by atoms with E-state index >= 15 is 0 Å². The van der Waals surface area contributed by atoms with Crippen LogP contribution in [0.5, 0.6) is 0 Å². The third-order valence-corrected chi connectivity index (χ3v) is 6.21. The van der Waals surface area contributed by atoms with Crippen LogP contribution in [0, 0.1) is 0 Å². The minimum atomic E-state index is -0.0746. The first-order chi connectivity index (χ1) is 15.2. The second kappa shape index (κ2) is 8.63. The fraction of sp³-hybridized carbons (Fsp3) is 0.304. The Morgan fingerprint density at radius 3 is 2.68 bits per heavy atom. The molecule has 1 aliphatic heterocycles. The zero-order valence-electron chi connectivity index (χ0n) is 17.1. The molecule has 4 aromatic rings. The molecule has 0 unspecified atom stereocenters. The topological polar surface area (TPSA) is 68.3 Å². The molecule has 1 aromatic carbocycles. The van der Waals surface area contributed by atoms with Crippen LogP contribution in [0.3, 0.4) is 0 Å². The molecular weight excluding hydrogens is 456 g/mol. The maximum atomic E-state index is 13.4. The Hall–Kier alpha value is -3.00. The molecule has 0 saturated carbocycles. The molecule has 1 saturated heterocycles. The third kappa shape index (κ3) is 3.87. The normalized spacial score (nSPS) is 15.2. The standard InChI is InChI=1S/C23H23BrN6O/c24-18-9-10-20-19(15-18)21(31)29(14-6-8-17-7-5-11-25-16-17)23-27-26-22(30(20)23)28-12-3-1-2-4-13-28/h5-11,15-16H,1-4,12-14H2/b8-6+. The fourth-order valence-corrected chi connectivity index (χ4v) is 4.54. The average molecular weight is 479 g/mol. The van der Waals surface area contributed by atoms with Gasteiger partial charge < -0.3 is 4.90 Å². The number of hydrogen-bond donors (Lipinski definition) is 0. The summed E-state index contributed by atoms with van der Waals surface area (Å²) in [6.45, 7) is 2.31. The number of halogens is 1. The van der Waals surface area contributed by atoms with Crippen molar-refractivity contribution in [3.8, 4) is 0 Å². The molecular formula is C23H23BrN6O. The lowest BCUT2D eigenvalue weighted by molar-refractivity contribution is 0.726. The Morgan fingerprint density at radius 1 is 1.06 bits per heavy atom. The smallest absolute Gasteiger partial charge is 0.263 e. The number of hydrogen-bond acceptors (Lipinski definition) is 5. The molecule has 5 rings (SSSR count). The highest BCUT2D eigenvalue weighted by atomic mass is 79.9. The van der Waals surface area contributed by atoms with Crippen molar-refractivity contribution in [3.05, 3.63) is 69.2 Å². The quantitative estimate of drug-likeness (QED) is 0.437. The van der Waals surface area contributed by atoms with Crippen molar-refractivity contribution in [1.82, 2.24) is 24.1 Å². The van der Waals surface area contributed by atoms with E-state index in [-0.39, 0.29) is 5.56 Å². The Bertz CT molecular complexity index is 1300. The second-order valence-electron chi connectivity index (χ2n) is 7.80. The molecule has 158 valence electrons. The Balaban J connectivity index is 1.66. The number of nitrogens with zero attached hydrogens (tertiary/aromatic N) is 6. The first kappa shape index (κ1) is 19.9. The molecule has 0 spiro atoms. The van der Waals surface area contributed by atoms with Gasteiger partial charge in [-0.05, 0) is 42.7 Å². The van der Waals surface area contributed by atoms with Gasteiger partial charge in [0.05, 0.1) is 10.9 Å². The van der Waals surface area contributed by atoms with Crippen LogP contribution in [-0.4, -0.2) is 37.2 Å². The van der Waals surface area contributed by atoms with Gasteiger partial charge in [-0.15, -0.1) is 10.2 Å². The molecule has 0 radical (unpaired) electrons. The van der Waals surface area contributed by atoms with Gasteiger partial charge in [0.15, 0.2) is 0 Å². The highest BCUT2D eigenvalue weighted by Gasteiger charge is 2.21. The maximum Gasteiger partial charge on any atom is 0.263 e. The molecule has 0 aliphatic carbocycles. The van der Waals surface area contributed by atoms with E-state index in [2.05, 4.69) is 36.0 Å². The van der Waals surface area contributed by atoms with E-state index in [0.717, 1.165) is 47.4 Å². The summed E-state index contributed by atoms with van der Waals surface area (Å²) in [5.74, 6) is 1.38. The van der Waals surface area contributed by atoms with E-state index in [4.69, 9.17) is 0 Å². The van der Waals surface area contributed by atoms with Gasteiger partial charge in [-0.2, -0.15) is 0 Å².